The molecule has 45 heavy (non-hydrogen) atoms. The minimum Gasteiger partial charge on any atom is -0.359 e. The molecular formula is C37H30N8. The molecule has 6 heterocycles. The van der Waals surface area contributed by atoms with Gasteiger partial charge in [0.05, 0.1) is 35.1 Å². The Kier molecular flexibility index (Phi) is 5.27. The second-order valence-electron chi connectivity index (χ2n) is 12.0. The maximum absolute atomic E-state index is 5.14. The summed E-state index contributed by atoms with van der Waals surface area (Å²) in [6.45, 7) is 5.09. The van der Waals surface area contributed by atoms with Crippen molar-refractivity contribution in [3.8, 4) is 22.3 Å². The topological polar surface area (TPSA) is 86.7 Å². The van der Waals surface area contributed by atoms with Crippen molar-refractivity contribution < 1.29 is 0 Å². The Morgan fingerprint density at radius 2 is 1.13 bits per heavy atom. The number of benzene rings is 1. The van der Waals surface area contributed by atoms with E-state index in [0.29, 0.717) is 6.67 Å². The van der Waals surface area contributed by atoms with Crippen LogP contribution in [0, 0.1) is 0 Å². The van der Waals surface area contributed by atoms with Gasteiger partial charge in [0.2, 0.25) is 0 Å². The molecule has 8 nitrogen and oxygen atoms in total. The average Bonchev–Trinajstić information content (AvgIpc) is 3.85. The van der Waals surface area contributed by atoms with E-state index in [9.17, 15) is 0 Å². The van der Waals surface area contributed by atoms with E-state index in [4.69, 9.17) is 19.9 Å². The van der Waals surface area contributed by atoms with Crippen LogP contribution in [0.5, 0.6) is 0 Å². The van der Waals surface area contributed by atoms with E-state index in [1.54, 1.807) is 6.20 Å². The lowest BCUT2D eigenvalue weighted by atomic mass is 9.72. The van der Waals surface area contributed by atoms with Crippen molar-refractivity contribution in [3.05, 3.63) is 161 Å². The number of nitrogens with one attached hydrogen (secondary N) is 1. The standard InChI is InChI=1S/C37H30N8/c1-23-24(2)45(22-44(23)3)37(34-29(13-7-18-40-34)30-14-8-19-41-35(30)37)26-10-4-9-25(21-26)36(31-15-20-42-43-31)32-27(11-5-16-38-32)28-12-6-17-39-33(28)36/h4-21H,22H2,1-3H3,(H,42,43). The third kappa shape index (κ3) is 3.13. The molecule has 0 radical (unpaired) electrons. The molecule has 9 rings (SSSR count). The third-order valence-electron chi connectivity index (χ3n) is 10.1. The fourth-order valence-electron chi connectivity index (χ4n) is 7.95. The number of hydrogen-bond acceptors (Lipinski definition) is 7. The number of nitrogens with zero attached hydrogens (tertiary/aromatic N) is 7. The Bertz CT molecular complexity index is 2070. The zero-order chi connectivity index (χ0) is 30.3. The molecule has 0 spiro atoms. The van der Waals surface area contributed by atoms with Crippen LogP contribution in [0.4, 0.5) is 0 Å². The third-order valence-corrected chi connectivity index (χ3v) is 10.1. The van der Waals surface area contributed by atoms with Gasteiger partial charge in [0.25, 0.3) is 0 Å². The highest BCUT2D eigenvalue weighted by Crippen LogP contribution is 2.57. The Morgan fingerprint density at radius 1 is 0.600 bits per heavy atom. The van der Waals surface area contributed by atoms with Gasteiger partial charge in [0.1, 0.15) is 5.41 Å². The van der Waals surface area contributed by atoms with Crippen LogP contribution >= 0.6 is 0 Å². The highest BCUT2D eigenvalue weighted by Gasteiger charge is 2.55. The molecule has 0 amide bonds. The van der Waals surface area contributed by atoms with Gasteiger partial charge in [0.15, 0.2) is 5.54 Å². The lowest BCUT2D eigenvalue weighted by Gasteiger charge is -2.42. The first-order valence-corrected chi connectivity index (χ1v) is 15.2. The molecule has 6 aromatic rings. The van der Waals surface area contributed by atoms with Gasteiger partial charge in [0, 0.05) is 71.7 Å². The Hall–Kier alpha value is -5.63. The lowest BCUT2D eigenvalue weighted by molar-refractivity contribution is 0.174. The predicted molar refractivity (Wildman–Crippen MR) is 172 cm³/mol. The largest absolute Gasteiger partial charge is 0.359 e. The fraction of sp³-hybridized carbons (Fsp3) is 0.162. The number of aromatic nitrogens is 6. The number of allylic oxidation sites excluding steroid dienone is 2. The van der Waals surface area contributed by atoms with Gasteiger partial charge in [-0.15, -0.1) is 0 Å². The quantitative estimate of drug-likeness (QED) is 0.267. The van der Waals surface area contributed by atoms with Crippen molar-refractivity contribution in [1.82, 2.24) is 39.9 Å². The van der Waals surface area contributed by atoms with Crippen LogP contribution in [0.25, 0.3) is 22.3 Å². The first-order valence-electron chi connectivity index (χ1n) is 15.2. The summed E-state index contributed by atoms with van der Waals surface area (Å²) in [5, 5.41) is 7.75. The molecule has 3 aliphatic rings. The lowest BCUT2D eigenvalue weighted by Crippen LogP contribution is -2.47. The molecule has 0 bridgehead atoms. The SMILES string of the molecule is CC1=C(C)N(C2(c3cccc(C4(c5ccn[nH]5)c5ncccc5-c5cccnc54)c3)c3ncccc3-c3cccnc32)CN1C. The van der Waals surface area contributed by atoms with E-state index in [-0.39, 0.29) is 0 Å². The molecule has 8 heteroatoms. The number of H-pyrrole nitrogens is 1. The summed E-state index contributed by atoms with van der Waals surface area (Å²) in [5.74, 6) is 0. The molecule has 2 aliphatic carbocycles. The number of hydrogen-bond donors (Lipinski definition) is 1. The van der Waals surface area contributed by atoms with E-state index in [0.717, 1.165) is 61.9 Å². The summed E-state index contributed by atoms with van der Waals surface area (Å²) in [6.07, 6.45) is 9.35. The first kappa shape index (κ1) is 25.8. The van der Waals surface area contributed by atoms with E-state index in [2.05, 4.69) is 89.4 Å². The van der Waals surface area contributed by atoms with Crippen molar-refractivity contribution in [2.45, 2.75) is 24.8 Å². The molecule has 0 atom stereocenters. The Labute approximate surface area is 261 Å². The smallest absolute Gasteiger partial charge is 0.153 e. The van der Waals surface area contributed by atoms with Gasteiger partial charge in [-0.1, -0.05) is 48.5 Å². The van der Waals surface area contributed by atoms with Crippen molar-refractivity contribution in [2.75, 3.05) is 13.7 Å². The maximum Gasteiger partial charge on any atom is 0.153 e. The molecule has 1 aromatic carbocycles. The fourth-order valence-corrected chi connectivity index (χ4v) is 7.95. The summed E-state index contributed by atoms with van der Waals surface area (Å²) >= 11 is 0. The molecular weight excluding hydrogens is 556 g/mol. The summed E-state index contributed by atoms with van der Waals surface area (Å²) in [7, 11) is 2.15. The zero-order valence-corrected chi connectivity index (χ0v) is 25.2. The molecule has 0 fully saturated rings. The molecule has 218 valence electrons. The second kappa shape index (κ2) is 9.19. The monoisotopic (exact) mass is 586 g/mol. The van der Waals surface area contributed by atoms with E-state index in [1.807, 2.05) is 55.1 Å². The second-order valence-corrected chi connectivity index (χ2v) is 12.0. The normalized spacial score (nSPS) is 16.9. The molecule has 0 saturated heterocycles. The Morgan fingerprint density at radius 3 is 1.64 bits per heavy atom. The maximum atomic E-state index is 5.14. The highest BCUT2D eigenvalue weighted by molar-refractivity contribution is 5.84. The minimum atomic E-state index is -0.804. The van der Waals surface area contributed by atoms with Crippen LogP contribution in [0.2, 0.25) is 0 Å². The van der Waals surface area contributed by atoms with Gasteiger partial charge in [-0.2, -0.15) is 5.10 Å². The number of rotatable bonds is 4. The molecule has 1 aliphatic heterocycles. The van der Waals surface area contributed by atoms with Gasteiger partial charge in [-0.25, -0.2) is 0 Å². The van der Waals surface area contributed by atoms with Crippen LogP contribution in [-0.2, 0) is 11.0 Å². The predicted octanol–water partition coefficient (Wildman–Crippen LogP) is 6.08. The van der Waals surface area contributed by atoms with Crippen LogP contribution < -0.4 is 0 Å². The van der Waals surface area contributed by atoms with Crippen molar-refractivity contribution in [3.63, 3.8) is 0 Å². The molecule has 5 aromatic heterocycles. The van der Waals surface area contributed by atoms with Crippen molar-refractivity contribution in [1.29, 1.82) is 0 Å². The zero-order valence-electron chi connectivity index (χ0n) is 25.2. The van der Waals surface area contributed by atoms with Gasteiger partial charge in [-0.3, -0.25) is 25.0 Å². The minimum absolute atomic E-state index is 0.703. The highest BCUT2D eigenvalue weighted by atomic mass is 15.4. The summed E-state index contributed by atoms with van der Waals surface area (Å²) in [5.41, 5.74) is 12.1. The first-order chi connectivity index (χ1) is 22.1. The van der Waals surface area contributed by atoms with Crippen LogP contribution in [0.1, 0.15) is 53.4 Å². The molecule has 0 saturated carbocycles. The van der Waals surface area contributed by atoms with E-state index in [1.165, 1.54) is 11.4 Å². The van der Waals surface area contributed by atoms with Crippen LogP contribution in [0.3, 0.4) is 0 Å². The summed E-state index contributed by atoms with van der Waals surface area (Å²) in [4.78, 5) is 25.1. The van der Waals surface area contributed by atoms with Gasteiger partial charge >= 0.3 is 0 Å². The van der Waals surface area contributed by atoms with Crippen LogP contribution in [0.15, 0.2) is 121 Å². The number of fused-ring (bicyclic) bond motifs is 6. The molecule has 0 unspecified atom stereocenters. The van der Waals surface area contributed by atoms with Crippen LogP contribution in [-0.4, -0.2) is 53.6 Å². The van der Waals surface area contributed by atoms with Crippen molar-refractivity contribution in [2.24, 2.45) is 0 Å². The van der Waals surface area contributed by atoms with Gasteiger partial charge < -0.3 is 9.80 Å². The summed E-state index contributed by atoms with van der Waals surface area (Å²) < 4.78 is 0. The Balaban J connectivity index is 1.39. The van der Waals surface area contributed by atoms with E-state index >= 15 is 0 Å². The number of aromatic amines is 1. The number of pyridine rings is 4. The molecule has 1 N–H and O–H groups in total. The van der Waals surface area contributed by atoms with Crippen molar-refractivity contribution >= 4 is 0 Å². The average molecular weight is 587 g/mol. The summed E-state index contributed by atoms with van der Waals surface area (Å²) in [6, 6.07) is 27.6. The van der Waals surface area contributed by atoms with E-state index < -0.39 is 11.0 Å². The van der Waals surface area contributed by atoms with Gasteiger partial charge in [-0.05, 0) is 55.3 Å².